The molecule has 4 aliphatic rings. The van der Waals surface area contributed by atoms with Crippen molar-refractivity contribution in [2.24, 2.45) is 23.2 Å². The van der Waals surface area contributed by atoms with Crippen LogP contribution in [0.4, 0.5) is 0 Å². The highest BCUT2D eigenvalue weighted by atomic mass is 35.5. The van der Waals surface area contributed by atoms with E-state index in [1.807, 2.05) is 24.3 Å². The van der Waals surface area contributed by atoms with Crippen LogP contribution >= 0.6 is 11.6 Å². The predicted molar refractivity (Wildman–Crippen MR) is 80.8 cm³/mol. The molecule has 1 nitrogen and oxygen atoms in total. The maximum atomic E-state index is 13.0. The topological polar surface area (TPSA) is 17.1 Å². The lowest BCUT2D eigenvalue weighted by atomic mass is 9.48. The van der Waals surface area contributed by atoms with Crippen molar-refractivity contribution in [2.45, 2.75) is 44.9 Å². The first kappa shape index (κ1) is 12.9. The van der Waals surface area contributed by atoms with Gasteiger partial charge in [0.2, 0.25) is 0 Å². The molecule has 0 saturated heterocycles. The van der Waals surface area contributed by atoms with Gasteiger partial charge in [0.15, 0.2) is 0 Å². The minimum atomic E-state index is 0.00786. The fraction of sp³-hybridized carbons (Fsp3) is 0.611. The smallest absolute Gasteiger partial charge is 0.143 e. The Morgan fingerprint density at radius 1 is 1.05 bits per heavy atom. The molecule has 20 heavy (non-hydrogen) atoms. The lowest BCUT2D eigenvalue weighted by Crippen LogP contribution is -2.50. The lowest BCUT2D eigenvalue weighted by molar-refractivity contribution is -0.143. The molecule has 0 aromatic heterocycles. The van der Waals surface area contributed by atoms with E-state index in [0.717, 1.165) is 47.6 Å². The Kier molecular flexibility index (Phi) is 2.96. The molecule has 0 spiro atoms. The van der Waals surface area contributed by atoms with E-state index in [9.17, 15) is 4.79 Å². The Hall–Kier alpha value is -0.820. The van der Waals surface area contributed by atoms with Crippen LogP contribution in [0, 0.1) is 23.2 Å². The maximum Gasteiger partial charge on any atom is 0.143 e. The minimum Gasteiger partial charge on any atom is -0.299 e. The molecule has 1 aromatic rings. The second-order valence-electron chi connectivity index (χ2n) is 7.39. The molecule has 0 atom stereocenters. The van der Waals surface area contributed by atoms with Crippen molar-refractivity contribution in [3.8, 4) is 0 Å². The Morgan fingerprint density at radius 2 is 1.60 bits per heavy atom. The molecule has 106 valence electrons. The molecule has 4 saturated carbocycles. The van der Waals surface area contributed by atoms with Gasteiger partial charge < -0.3 is 0 Å². The number of carbonyl (C=O) groups is 1. The molecule has 4 fully saturated rings. The summed E-state index contributed by atoms with van der Waals surface area (Å²) in [6, 6.07) is 7.81. The van der Waals surface area contributed by atoms with Gasteiger partial charge in [-0.3, -0.25) is 4.79 Å². The largest absolute Gasteiger partial charge is 0.299 e. The first-order valence-electron chi connectivity index (χ1n) is 7.91. The molecular formula is C18H21ClO. The highest BCUT2D eigenvalue weighted by molar-refractivity contribution is 6.31. The zero-order chi connectivity index (χ0) is 13.7. The zero-order valence-electron chi connectivity index (χ0n) is 11.8. The van der Waals surface area contributed by atoms with Gasteiger partial charge in [0.05, 0.1) is 0 Å². The van der Waals surface area contributed by atoms with E-state index in [1.54, 1.807) is 0 Å². The quantitative estimate of drug-likeness (QED) is 0.790. The van der Waals surface area contributed by atoms with E-state index in [2.05, 4.69) is 0 Å². The molecule has 1 aromatic carbocycles. The molecule has 0 aliphatic heterocycles. The molecule has 0 heterocycles. The number of hydrogen-bond acceptors (Lipinski definition) is 1. The minimum absolute atomic E-state index is 0.00786. The van der Waals surface area contributed by atoms with Crippen molar-refractivity contribution < 1.29 is 4.79 Å². The number of rotatable bonds is 3. The number of ketones is 1. The Balaban J connectivity index is 1.58. The molecule has 0 radical (unpaired) electrons. The van der Waals surface area contributed by atoms with Crippen LogP contribution in [-0.2, 0) is 11.2 Å². The van der Waals surface area contributed by atoms with Crippen LogP contribution in [0.1, 0.15) is 44.1 Å². The van der Waals surface area contributed by atoms with Crippen LogP contribution in [0.3, 0.4) is 0 Å². The first-order chi connectivity index (χ1) is 9.64. The zero-order valence-corrected chi connectivity index (χ0v) is 12.5. The van der Waals surface area contributed by atoms with Crippen molar-refractivity contribution in [1.82, 2.24) is 0 Å². The van der Waals surface area contributed by atoms with E-state index in [1.165, 1.54) is 19.3 Å². The Bertz CT molecular complexity index is 513. The number of Topliss-reactive ketones (excluding diaryl/α,β-unsaturated/α-hetero) is 1. The normalized spacial score (nSPS) is 38.1. The molecule has 4 bridgehead atoms. The van der Waals surface area contributed by atoms with Gasteiger partial charge in [0, 0.05) is 16.9 Å². The SMILES string of the molecule is O=C(Cc1ccccc1Cl)C12CC3CC(CC(C3)C1)C2. The molecule has 4 aliphatic carbocycles. The van der Waals surface area contributed by atoms with Gasteiger partial charge in [-0.2, -0.15) is 0 Å². The van der Waals surface area contributed by atoms with Crippen LogP contribution in [0.25, 0.3) is 0 Å². The average molecular weight is 289 g/mol. The van der Waals surface area contributed by atoms with Crippen LogP contribution in [0.15, 0.2) is 24.3 Å². The van der Waals surface area contributed by atoms with E-state index in [-0.39, 0.29) is 5.41 Å². The Morgan fingerprint density at radius 3 is 2.15 bits per heavy atom. The standard InChI is InChI=1S/C18H21ClO/c19-16-4-2-1-3-15(16)8-17(20)18-9-12-5-13(10-18)7-14(6-12)11-18/h1-4,12-14H,5-11H2. The second kappa shape index (κ2) is 4.59. The van der Waals surface area contributed by atoms with Gasteiger partial charge in [-0.1, -0.05) is 29.8 Å². The van der Waals surface area contributed by atoms with Crippen molar-refractivity contribution in [3.63, 3.8) is 0 Å². The fourth-order valence-electron chi connectivity index (χ4n) is 5.45. The van der Waals surface area contributed by atoms with Crippen molar-refractivity contribution in [1.29, 1.82) is 0 Å². The van der Waals surface area contributed by atoms with Crippen LogP contribution < -0.4 is 0 Å². The number of carbonyl (C=O) groups excluding carboxylic acids is 1. The summed E-state index contributed by atoms with van der Waals surface area (Å²) in [6.45, 7) is 0. The number of halogens is 1. The second-order valence-corrected chi connectivity index (χ2v) is 7.80. The first-order valence-corrected chi connectivity index (χ1v) is 8.29. The van der Waals surface area contributed by atoms with Crippen molar-refractivity contribution >= 4 is 17.4 Å². The molecule has 5 rings (SSSR count). The summed E-state index contributed by atoms with van der Waals surface area (Å²) in [7, 11) is 0. The van der Waals surface area contributed by atoms with E-state index < -0.39 is 0 Å². The maximum absolute atomic E-state index is 13.0. The summed E-state index contributed by atoms with van der Waals surface area (Å²) in [4.78, 5) is 13.0. The summed E-state index contributed by atoms with van der Waals surface area (Å²) >= 11 is 6.22. The summed E-state index contributed by atoms with van der Waals surface area (Å²) in [5.41, 5.74) is 1.02. The van der Waals surface area contributed by atoms with Gasteiger partial charge in [0.25, 0.3) is 0 Å². The van der Waals surface area contributed by atoms with E-state index in [0.29, 0.717) is 12.2 Å². The molecular weight excluding hydrogens is 268 g/mol. The fourth-order valence-corrected chi connectivity index (χ4v) is 5.66. The third-order valence-corrected chi connectivity index (χ3v) is 6.31. The molecule has 0 unspecified atom stereocenters. The van der Waals surface area contributed by atoms with Crippen LogP contribution in [0.5, 0.6) is 0 Å². The van der Waals surface area contributed by atoms with Crippen molar-refractivity contribution in [3.05, 3.63) is 34.9 Å². The summed E-state index contributed by atoms with van der Waals surface area (Å²) in [5, 5.41) is 0.741. The summed E-state index contributed by atoms with van der Waals surface area (Å²) in [6.07, 6.45) is 8.16. The van der Waals surface area contributed by atoms with Crippen LogP contribution in [0.2, 0.25) is 5.02 Å². The molecule has 0 amide bonds. The summed E-state index contributed by atoms with van der Waals surface area (Å²) < 4.78 is 0. The van der Waals surface area contributed by atoms with Gasteiger partial charge in [0.1, 0.15) is 5.78 Å². The number of benzene rings is 1. The van der Waals surface area contributed by atoms with Gasteiger partial charge in [-0.05, 0) is 67.9 Å². The monoisotopic (exact) mass is 288 g/mol. The molecule has 0 N–H and O–H groups in total. The average Bonchev–Trinajstić information content (AvgIpc) is 2.40. The third kappa shape index (κ3) is 2.02. The van der Waals surface area contributed by atoms with E-state index in [4.69, 9.17) is 11.6 Å². The van der Waals surface area contributed by atoms with E-state index >= 15 is 0 Å². The van der Waals surface area contributed by atoms with Gasteiger partial charge >= 0.3 is 0 Å². The van der Waals surface area contributed by atoms with Gasteiger partial charge in [-0.15, -0.1) is 0 Å². The highest BCUT2D eigenvalue weighted by Crippen LogP contribution is 2.60. The highest BCUT2D eigenvalue weighted by Gasteiger charge is 2.54. The van der Waals surface area contributed by atoms with Crippen molar-refractivity contribution in [2.75, 3.05) is 0 Å². The lowest BCUT2D eigenvalue weighted by Gasteiger charge is -2.56. The van der Waals surface area contributed by atoms with Gasteiger partial charge in [-0.25, -0.2) is 0 Å². The number of hydrogen-bond donors (Lipinski definition) is 0. The third-order valence-electron chi connectivity index (χ3n) is 5.94. The predicted octanol–water partition coefficient (Wildman–Crippen LogP) is 4.67. The van der Waals surface area contributed by atoms with Crippen LogP contribution in [-0.4, -0.2) is 5.78 Å². The molecule has 2 heteroatoms. The summed E-state index contributed by atoms with van der Waals surface area (Å²) in [5.74, 6) is 2.95. The Labute approximate surface area is 125 Å².